The van der Waals surface area contributed by atoms with Gasteiger partial charge in [0, 0.05) is 5.56 Å². The van der Waals surface area contributed by atoms with Gasteiger partial charge in [0.05, 0.1) is 12.2 Å². The van der Waals surface area contributed by atoms with E-state index in [1.54, 1.807) is 0 Å². The number of rotatable bonds is 8. The standard InChI is InChI=1S/C20H30O2/c1-4-5-13-22-19-17(14(2)15-9-10-15)7-6-8-18(19)20(3,21)16-11-12-16/h6-8,14-16,21H,4-5,9-13H2,1-3H3. The van der Waals surface area contributed by atoms with Crippen LogP contribution in [0.2, 0.25) is 0 Å². The number of benzene rings is 1. The zero-order valence-corrected chi connectivity index (χ0v) is 14.3. The molecule has 0 spiro atoms. The summed E-state index contributed by atoms with van der Waals surface area (Å²) in [7, 11) is 0. The second kappa shape index (κ2) is 6.23. The molecule has 3 rings (SSSR count). The fraction of sp³-hybridized carbons (Fsp3) is 0.700. The molecule has 1 N–H and O–H groups in total. The molecule has 2 heteroatoms. The molecule has 2 atom stereocenters. The van der Waals surface area contributed by atoms with Crippen LogP contribution in [0.1, 0.15) is 76.3 Å². The van der Waals surface area contributed by atoms with Crippen LogP contribution in [0, 0.1) is 11.8 Å². The van der Waals surface area contributed by atoms with E-state index in [2.05, 4.69) is 32.0 Å². The SMILES string of the molecule is CCCCOc1c(C(C)C2CC2)cccc1C(C)(O)C1CC1. The van der Waals surface area contributed by atoms with E-state index in [1.807, 2.05) is 6.92 Å². The summed E-state index contributed by atoms with van der Waals surface area (Å²) in [5.41, 5.74) is 1.56. The summed E-state index contributed by atoms with van der Waals surface area (Å²) in [5.74, 6) is 2.71. The molecular formula is C20H30O2. The van der Waals surface area contributed by atoms with E-state index in [1.165, 1.54) is 18.4 Å². The second-order valence-corrected chi connectivity index (χ2v) is 7.47. The lowest BCUT2D eigenvalue weighted by atomic mass is 9.85. The summed E-state index contributed by atoms with van der Waals surface area (Å²) in [6.07, 6.45) is 7.12. The molecule has 0 radical (unpaired) electrons. The van der Waals surface area contributed by atoms with Crippen molar-refractivity contribution in [2.24, 2.45) is 11.8 Å². The maximum Gasteiger partial charge on any atom is 0.128 e. The Morgan fingerprint density at radius 1 is 1.27 bits per heavy atom. The minimum absolute atomic E-state index is 0.396. The maximum absolute atomic E-state index is 11.0. The number of hydrogen-bond acceptors (Lipinski definition) is 2. The van der Waals surface area contributed by atoms with Crippen LogP contribution < -0.4 is 4.74 Å². The van der Waals surface area contributed by atoms with Gasteiger partial charge in [-0.25, -0.2) is 0 Å². The monoisotopic (exact) mass is 302 g/mol. The molecule has 2 unspecified atom stereocenters. The molecular weight excluding hydrogens is 272 g/mol. The van der Waals surface area contributed by atoms with Crippen LogP contribution >= 0.6 is 0 Å². The maximum atomic E-state index is 11.0. The predicted octanol–water partition coefficient (Wildman–Crippen LogP) is 5.00. The molecule has 2 aliphatic carbocycles. The minimum Gasteiger partial charge on any atom is -0.493 e. The lowest BCUT2D eigenvalue weighted by Gasteiger charge is -2.29. The summed E-state index contributed by atoms with van der Waals surface area (Å²) in [6.45, 7) is 7.22. The van der Waals surface area contributed by atoms with E-state index in [0.29, 0.717) is 11.8 Å². The lowest BCUT2D eigenvalue weighted by molar-refractivity contribution is 0.0298. The normalized spacial score (nSPS) is 22.2. The Hall–Kier alpha value is -1.02. The van der Waals surface area contributed by atoms with Crippen LogP contribution in [0.25, 0.3) is 0 Å². The van der Waals surface area contributed by atoms with Gasteiger partial charge in [0.2, 0.25) is 0 Å². The van der Waals surface area contributed by atoms with Crippen molar-refractivity contribution in [2.45, 2.75) is 70.8 Å². The number of aliphatic hydroxyl groups is 1. The highest BCUT2D eigenvalue weighted by molar-refractivity contribution is 5.47. The Kier molecular flexibility index (Phi) is 4.49. The Labute approximate surface area is 134 Å². The van der Waals surface area contributed by atoms with Gasteiger partial charge >= 0.3 is 0 Å². The van der Waals surface area contributed by atoms with Crippen molar-refractivity contribution < 1.29 is 9.84 Å². The average molecular weight is 302 g/mol. The highest BCUT2D eigenvalue weighted by Gasteiger charge is 2.44. The molecule has 122 valence electrons. The van der Waals surface area contributed by atoms with Crippen LogP contribution in [-0.4, -0.2) is 11.7 Å². The Bertz CT molecular complexity index is 512. The fourth-order valence-corrected chi connectivity index (χ4v) is 3.51. The van der Waals surface area contributed by atoms with Crippen molar-refractivity contribution in [1.82, 2.24) is 0 Å². The number of ether oxygens (including phenoxy) is 1. The van der Waals surface area contributed by atoms with Crippen molar-refractivity contribution in [3.8, 4) is 5.75 Å². The molecule has 0 amide bonds. The lowest BCUT2D eigenvalue weighted by Crippen LogP contribution is -2.25. The van der Waals surface area contributed by atoms with Crippen LogP contribution in [0.4, 0.5) is 0 Å². The van der Waals surface area contributed by atoms with Crippen molar-refractivity contribution >= 4 is 0 Å². The van der Waals surface area contributed by atoms with Gasteiger partial charge in [-0.15, -0.1) is 0 Å². The molecule has 2 fully saturated rings. The van der Waals surface area contributed by atoms with Crippen molar-refractivity contribution in [1.29, 1.82) is 0 Å². The smallest absolute Gasteiger partial charge is 0.128 e. The number of para-hydroxylation sites is 1. The zero-order chi connectivity index (χ0) is 15.7. The third-order valence-corrected chi connectivity index (χ3v) is 5.53. The van der Waals surface area contributed by atoms with Gasteiger partial charge in [-0.2, -0.15) is 0 Å². The van der Waals surface area contributed by atoms with E-state index in [4.69, 9.17) is 4.74 Å². The zero-order valence-electron chi connectivity index (χ0n) is 14.3. The minimum atomic E-state index is -0.749. The molecule has 2 saturated carbocycles. The van der Waals surface area contributed by atoms with Gasteiger partial charge < -0.3 is 9.84 Å². The average Bonchev–Trinajstić information content (AvgIpc) is 3.39. The molecule has 0 saturated heterocycles. The van der Waals surface area contributed by atoms with E-state index in [9.17, 15) is 5.11 Å². The van der Waals surface area contributed by atoms with Crippen LogP contribution in [0.15, 0.2) is 18.2 Å². The van der Waals surface area contributed by atoms with E-state index in [0.717, 1.165) is 49.5 Å². The Balaban J connectivity index is 1.94. The third kappa shape index (κ3) is 3.17. The Morgan fingerprint density at radius 2 is 2.00 bits per heavy atom. The molecule has 0 aromatic heterocycles. The van der Waals surface area contributed by atoms with E-state index < -0.39 is 5.60 Å². The molecule has 0 bridgehead atoms. The molecule has 2 nitrogen and oxygen atoms in total. The predicted molar refractivity (Wildman–Crippen MR) is 90.3 cm³/mol. The summed E-state index contributed by atoms with van der Waals surface area (Å²) in [4.78, 5) is 0. The van der Waals surface area contributed by atoms with E-state index >= 15 is 0 Å². The summed E-state index contributed by atoms with van der Waals surface area (Å²) in [5, 5.41) is 11.0. The molecule has 2 aliphatic rings. The molecule has 1 aromatic rings. The highest BCUT2D eigenvalue weighted by Crippen LogP contribution is 2.51. The van der Waals surface area contributed by atoms with Gasteiger partial charge in [-0.05, 0) is 62.3 Å². The van der Waals surface area contributed by atoms with Crippen molar-refractivity contribution in [2.75, 3.05) is 6.61 Å². The van der Waals surface area contributed by atoms with Gasteiger partial charge in [-0.3, -0.25) is 0 Å². The van der Waals surface area contributed by atoms with Gasteiger partial charge in [-0.1, -0.05) is 38.5 Å². The number of hydrogen-bond donors (Lipinski definition) is 1. The number of unbranched alkanes of at least 4 members (excludes halogenated alkanes) is 1. The first kappa shape index (κ1) is 15.9. The molecule has 0 heterocycles. The highest BCUT2D eigenvalue weighted by atomic mass is 16.5. The first-order valence-electron chi connectivity index (χ1n) is 9.04. The summed E-state index contributed by atoms with van der Waals surface area (Å²) >= 11 is 0. The molecule has 22 heavy (non-hydrogen) atoms. The largest absolute Gasteiger partial charge is 0.493 e. The first-order chi connectivity index (χ1) is 10.6. The summed E-state index contributed by atoms with van der Waals surface area (Å²) < 4.78 is 6.21. The van der Waals surface area contributed by atoms with Crippen LogP contribution in [0.5, 0.6) is 5.75 Å². The molecule has 0 aliphatic heterocycles. The Morgan fingerprint density at radius 3 is 2.59 bits per heavy atom. The molecule has 1 aromatic carbocycles. The van der Waals surface area contributed by atoms with Crippen LogP contribution in [-0.2, 0) is 5.60 Å². The summed E-state index contributed by atoms with van der Waals surface area (Å²) in [6, 6.07) is 6.38. The third-order valence-electron chi connectivity index (χ3n) is 5.53. The fourth-order valence-electron chi connectivity index (χ4n) is 3.51. The first-order valence-corrected chi connectivity index (χ1v) is 9.04. The quantitative estimate of drug-likeness (QED) is 0.685. The van der Waals surface area contributed by atoms with Crippen molar-refractivity contribution in [3.63, 3.8) is 0 Å². The topological polar surface area (TPSA) is 29.5 Å². The van der Waals surface area contributed by atoms with E-state index in [-0.39, 0.29) is 0 Å². The van der Waals surface area contributed by atoms with Crippen LogP contribution in [0.3, 0.4) is 0 Å². The van der Waals surface area contributed by atoms with Gasteiger partial charge in [0.25, 0.3) is 0 Å². The van der Waals surface area contributed by atoms with Gasteiger partial charge in [0.1, 0.15) is 5.75 Å². The van der Waals surface area contributed by atoms with Gasteiger partial charge in [0.15, 0.2) is 0 Å². The van der Waals surface area contributed by atoms with Crippen molar-refractivity contribution in [3.05, 3.63) is 29.3 Å². The second-order valence-electron chi connectivity index (χ2n) is 7.47.